The van der Waals surface area contributed by atoms with Crippen LogP contribution in [-0.4, -0.2) is 48.7 Å². The third kappa shape index (κ3) is 5.13. The van der Waals surface area contributed by atoms with Gasteiger partial charge in [-0.15, -0.1) is 0 Å². The lowest BCUT2D eigenvalue weighted by Crippen LogP contribution is -2.31. The molecule has 1 unspecified atom stereocenters. The summed E-state index contributed by atoms with van der Waals surface area (Å²) in [5, 5.41) is 13.7. The molecule has 35 heavy (non-hydrogen) atoms. The lowest BCUT2D eigenvalue weighted by atomic mass is 9.98. The van der Waals surface area contributed by atoms with Gasteiger partial charge in [-0.2, -0.15) is 0 Å². The normalized spacial score (nSPS) is 20.3. The highest BCUT2D eigenvalue weighted by Crippen LogP contribution is 2.55. The number of carbonyl (C=O) groups excluding carboxylic acids is 2. The van der Waals surface area contributed by atoms with Gasteiger partial charge in [-0.05, 0) is 35.1 Å². The van der Waals surface area contributed by atoms with Crippen LogP contribution in [0.1, 0.15) is 36.8 Å². The van der Waals surface area contributed by atoms with Crippen molar-refractivity contribution in [1.29, 1.82) is 0 Å². The molecule has 0 heterocycles. The summed E-state index contributed by atoms with van der Waals surface area (Å²) in [5.74, 6) is -8.48. The van der Waals surface area contributed by atoms with Gasteiger partial charge in [0.15, 0.2) is 0 Å². The second-order valence-corrected chi connectivity index (χ2v) is 9.14. The topological polar surface area (TPSA) is 105 Å². The molecule has 3 N–H and O–H groups in total. The fourth-order valence-corrected chi connectivity index (χ4v) is 4.70. The number of nitrogens with one attached hydrogen (secondary N) is 2. The average Bonchev–Trinajstić information content (AvgIpc) is 3.24. The Balaban J connectivity index is 1.23. The fraction of sp³-hybridized carbons (Fsp3) is 0.423. The number of amides is 2. The highest BCUT2D eigenvalue weighted by atomic mass is 19.3. The summed E-state index contributed by atoms with van der Waals surface area (Å²) in [5.41, 5.74) is 4.26. The Labute approximate surface area is 201 Å². The van der Waals surface area contributed by atoms with Crippen molar-refractivity contribution in [2.24, 2.45) is 17.8 Å². The quantitative estimate of drug-likeness (QED) is 0.440. The molecule has 2 aromatic rings. The van der Waals surface area contributed by atoms with E-state index in [1.807, 2.05) is 48.5 Å². The predicted octanol–water partition coefficient (Wildman–Crippen LogP) is 4.02. The van der Waals surface area contributed by atoms with Gasteiger partial charge in [-0.3, -0.25) is 9.59 Å². The van der Waals surface area contributed by atoms with Crippen LogP contribution in [0.5, 0.6) is 0 Å². The maximum absolute atomic E-state index is 14.1. The summed E-state index contributed by atoms with van der Waals surface area (Å²) >= 11 is 0. The first-order valence-electron chi connectivity index (χ1n) is 11.7. The molecule has 2 aliphatic rings. The molecule has 9 heteroatoms. The molecule has 1 saturated carbocycles. The van der Waals surface area contributed by atoms with Crippen molar-refractivity contribution in [3.05, 3.63) is 59.7 Å². The third-order valence-electron chi connectivity index (χ3n) is 6.83. The summed E-state index contributed by atoms with van der Waals surface area (Å²) in [6, 6.07) is 15.7. The van der Waals surface area contributed by atoms with Gasteiger partial charge in [0.05, 0.1) is 11.8 Å². The van der Waals surface area contributed by atoms with E-state index < -0.39 is 41.6 Å². The van der Waals surface area contributed by atoms with Gasteiger partial charge in [-0.1, -0.05) is 55.5 Å². The van der Waals surface area contributed by atoms with Crippen LogP contribution >= 0.6 is 0 Å². The van der Waals surface area contributed by atoms with E-state index in [1.54, 1.807) is 6.92 Å². The number of fused-ring (bicyclic) bond motifs is 3. The molecule has 3 atom stereocenters. The van der Waals surface area contributed by atoms with Crippen LogP contribution in [0, 0.1) is 17.8 Å². The molecule has 2 amide bonds. The van der Waals surface area contributed by atoms with E-state index in [4.69, 9.17) is 9.84 Å². The van der Waals surface area contributed by atoms with Gasteiger partial charge < -0.3 is 20.5 Å². The maximum Gasteiger partial charge on any atom is 0.407 e. The number of hydrogen-bond acceptors (Lipinski definition) is 4. The second kappa shape index (κ2) is 10.0. The number of alkyl halides is 2. The Kier molecular flexibility index (Phi) is 7.05. The molecule has 0 spiro atoms. The third-order valence-corrected chi connectivity index (χ3v) is 6.83. The van der Waals surface area contributed by atoms with E-state index in [0.717, 1.165) is 22.3 Å². The monoisotopic (exact) mass is 486 g/mol. The molecule has 0 radical (unpaired) electrons. The molecule has 2 aromatic carbocycles. The number of carboxylic acids is 1. The lowest BCUT2D eigenvalue weighted by molar-refractivity contribution is -0.141. The molecule has 7 nitrogen and oxygen atoms in total. The van der Waals surface area contributed by atoms with E-state index in [-0.39, 0.29) is 25.6 Å². The Morgan fingerprint density at radius 2 is 1.63 bits per heavy atom. The number of carbonyl (C=O) groups is 3. The summed E-state index contributed by atoms with van der Waals surface area (Å²) in [4.78, 5) is 35.2. The molecule has 1 fully saturated rings. The van der Waals surface area contributed by atoms with Crippen molar-refractivity contribution in [3.63, 3.8) is 0 Å². The zero-order valence-electron chi connectivity index (χ0n) is 19.3. The van der Waals surface area contributed by atoms with E-state index in [0.29, 0.717) is 12.8 Å². The molecule has 2 aliphatic carbocycles. The SMILES string of the molecule is CC(CCCNC(=O)[C@@H]1[C@H](CNC(=O)OCC2c3ccccc3-c3ccccc32)C1(F)F)C(=O)O. The number of hydrogen-bond donors (Lipinski definition) is 3. The number of benzene rings is 2. The Bertz CT molecular complexity index is 1080. The van der Waals surface area contributed by atoms with E-state index >= 15 is 0 Å². The van der Waals surface area contributed by atoms with Crippen LogP contribution in [0.2, 0.25) is 0 Å². The molecule has 0 aliphatic heterocycles. The van der Waals surface area contributed by atoms with Gasteiger partial charge in [0.25, 0.3) is 5.92 Å². The number of halogens is 2. The van der Waals surface area contributed by atoms with E-state index in [9.17, 15) is 23.2 Å². The van der Waals surface area contributed by atoms with Crippen molar-refractivity contribution in [3.8, 4) is 11.1 Å². The zero-order valence-corrected chi connectivity index (χ0v) is 19.3. The lowest BCUT2D eigenvalue weighted by Gasteiger charge is -2.14. The number of rotatable bonds is 10. The molecule has 4 rings (SSSR count). The highest BCUT2D eigenvalue weighted by molar-refractivity contribution is 5.84. The van der Waals surface area contributed by atoms with Crippen LogP contribution in [0.25, 0.3) is 11.1 Å². The van der Waals surface area contributed by atoms with Crippen molar-refractivity contribution in [1.82, 2.24) is 10.6 Å². The fourth-order valence-electron chi connectivity index (χ4n) is 4.70. The first kappa shape index (κ1) is 24.6. The molecular formula is C26H28F2N2O5. The summed E-state index contributed by atoms with van der Waals surface area (Å²) in [6.07, 6.45) is -0.0970. The minimum Gasteiger partial charge on any atom is -0.481 e. The molecule has 0 aromatic heterocycles. The van der Waals surface area contributed by atoms with Crippen LogP contribution in [-0.2, 0) is 14.3 Å². The van der Waals surface area contributed by atoms with Gasteiger partial charge >= 0.3 is 12.1 Å². The first-order chi connectivity index (χ1) is 16.7. The van der Waals surface area contributed by atoms with Crippen molar-refractivity contribution < 1.29 is 33.0 Å². The average molecular weight is 487 g/mol. The van der Waals surface area contributed by atoms with Crippen molar-refractivity contribution in [2.45, 2.75) is 31.6 Å². The minimum absolute atomic E-state index is 0.0690. The number of aliphatic carboxylic acids is 1. The molecule has 186 valence electrons. The number of ether oxygens (including phenoxy) is 1. The standard InChI is InChI=1S/C26H28F2N2O5/c1-15(24(32)33)7-6-12-29-23(31)22-21(26(22,27)28)13-30-25(34)35-14-20-18-10-4-2-8-16(18)17-9-3-5-11-19(17)20/h2-5,8-11,15,20-22H,6-7,12-14H2,1H3,(H,29,31)(H,30,34)(H,32,33)/t15?,21-,22-/m0/s1. The summed E-state index contributed by atoms with van der Waals surface area (Å²) < 4.78 is 33.6. The van der Waals surface area contributed by atoms with Gasteiger partial charge in [0, 0.05) is 19.0 Å². The zero-order chi connectivity index (χ0) is 25.2. The van der Waals surface area contributed by atoms with Crippen molar-refractivity contribution >= 4 is 18.0 Å². The second-order valence-electron chi connectivity index (χ2n) is 9.14. The van der Waals surface area contributed by atoms with Crippen LogP contribution in [0.3, 0.4) is 0 Å². The van der Waals surface area contributed by atoms with Crippen molar-refractivity contribution in [2.75, 3.05) is 19.7 Å². The summed E-state index contributed by atoms with van der Waals surface area (Å²) in [7, 11) is 0. The molecule has 0 saturated heterocycles. The Morgan fingerprint density at radius 1 is 1.03 bits per heavy atom. The number of carboxylic acid groups (broad SMARTS) is 1. The molecular weight excluding hydrogens is 458 g/mol. The molecule has 0 bridgehead atoms. The maximum atomic E-state index is 14.1. The number of alkyl carbamates (subject to hydrolysis) is 1. The Morgan fingerprint density at radius 3 is 2.23 bits per heavy atom. The van der Waals surface area contributed by atoms with Gasteiger partial charge in [0.1, 0.15) is 12.5 Å². The van der Waals surface area contributed by atoms with E-state index in [1.165, 1.54) is 0 Å². The largest absolute Gasteiger partial charge is 0.481 e. The highest BCUT2D eigenvalue weighted by Gasteiger charge is 2.71. The van der Waals surface area contributed by atoms with Gasteiger partial charge in [0.2, 0.25) is 5.91 Å². The van der Waals surface area contributed by atoms with Gasteiger partial charge in [-0.25, -0.2) is 13.6 Å². The smallest absolute Gasteiger partial charge is 0.407 e. The first-order valence-corrected chi connectivity index (χ1v) is 11.7. The summed E-state index contributed by atoms with van der Waals surface area (Å²) in [6.45, 7) is 1.36. The Hall–Kier alpha value is -3.49. The predicted molar refractivity (Wildman–Crippen MR) is 124 cm³/mol. The van der Waals surface area contributed by atoms with Crippen LogP contribution in [0.4, 0.5) is 13.6 Å². The van der Waals surface area contributed by atoms with Crippen LogP contribution < -0.4 is 10.6 Å². The van der Waals surface area contributed by atoms with E-state index in [2.05, 4.69) is 10.6 Å². The van der Waals surface area contributed by atoms with Crippen LogP contribution in [0.15, 0.2) is 48.5 Å². The minimum atomic E-state index is -3.21.